The van der Waals surface area contributed by atoms with Gasteiger partial charge in [-0.1, -0.05) is 30.3 Å². The lowest BCUT2D eigenvalue weighted by molar-refractivity contribution is -0.168. The summed E-state index contributed by atoms with van der Waals surface area (Å²) < 4.78 is 78.8. The first kappa shape index (κ1) is 30.1. The van der Waals surface area contributed by atoms with Crippen LogP contribution in [0.25, 0.3) is 11.5 Å². The first-order valence-electron chi connectivity index (χ1n) is 13.3. The molecule has 0 saturated carbocycles. The molecule has 9 nitrogen and oxygen atoms in total. The number of alkyl halides is 3. The summed E-state index contributed by atoms with van der Waals surface area (Å²) in [5.74, 6) is 0.500. The predicted octanol–water partition coefficient (Wildman–Crippen LogP) is 5.88. The van der Waals surface area contributed by atoms with Crippen molar-refractivity contribution in [2.45, 2.75) is 39.4 Å². The normalized spacial score (nSPS) is 13.3. The average molecular weight is 616 g/mol. The molecule has 5 rings (SSSR count). The van der Waals surface area contributed by atoms with E-state index in [-0.39, 0.29) is 25.6 Å². The highest BCUT2D eigenvalue weighted by Crippen LogP contribution is 2.33. The number of rotatable bonds is 10. The number of fused-ring (bicyclic) bond motifs is 1. The molecule has 0 fully saturated rings. The molecule has 0 saturated heterocycles. The van der Waals surface area contributed by atoms with Crippen LogP contribution in [0.1, 0.15) is 35.1 Å². The van der Waals surface area contributed by atoms with Crippen molar-refractivity contribution in [3.8, 4) is 17.2 Å². The van der Waals surface area contributed by atoms with Crippen molar-refractivity contribution in [1.82, 2.24) is 9.45 Å². The third-order valence-corrected chi connectivity index (χ3v) is 8.46. The van der Waals surface area contributed by atoms with Gasteiger partial charge in [0.05, 0.1) is 30.1 Å². The van der Waals surface area contributed by atoms with Gasteiger partial charge in [0.15, 0.2) is 0 Å². The summed E-state index contributed by atoms with van der Waals surface area (Å²) in [5.41, 5.74) is 2.30. The Bertz CT molecular complexity index is 1700. The fourth-order valence-electron chi connectivity index (χ4n) is 4.65. The molecule has 0 bridgehead atoms. The first-order chi connectivity index (χ1) is 20.4. The average Bonchev–Trinajstić information content (AvgIpc) is 3.57. The van der Waals surface area contributed by atoms with Crippen LogP contribution in [0.2, 0.25) is 0 Å². The quantitative estimate of drug-likeness (QED) is 0.206. The van der Waals surface area contributed by atoms with E-state index in [1.165, 1.54) is 16.4 Å². The molecule has 1 aliphatic rings. The van der Waals surface area contributed by atoms with E-state index in [1.54, 1.807) is 43.3 Å². The molecule has 43 heavy (non-hydrogen) atoms. The molecule has 1 aliphatic heterocycles. The van der Waals surface area contributed by atoms with Crippen LogP contribution < -0.4 is 9.04 Å². The van der Waals surface area contributed by atoms with Gasteiger partial charge in [0.1, 0.15) is 11.5 Å². The highest BCUT2D eigenvalue weighted by Gasteiger charge is 2.36. The van der Waals surface area contributed by atoms with Gasteiger partial charge >= 0.3 is 22.4 Å². The zero-order valence-corrected chi connectivity index (χ0v) is 24.1. The lowest BCUT2D eigenvalue weighted by atomic mass is 10.1. The Morgan fingerprint density at radius 2 is 1.74 bits per heavy atom. The van der Waals surface area contributed by atoms with Crippen molar-refractivity contribution in [2.24, 2.45) is 0 Å². The van der Waals surface area contributed by atoms with E-state index in [9.17, 15) is 26.4 Å². The van der Waals surface area contributed by atoms with Gasteiger partial charge in [-0.05, 0) is 71.4 Å². The highest BCUT2D eigenvalue weighted by molar-refractivity contribution is 7.90. The second-order valence-electron chi connectivity index (χ2n) is 9.84. The summed E-state index contributed by atoms with van der Waals surface area (Å²) >= 11 is 0. The standard InChI is InChI=1S/C30H28F3N3O6S/c1-20-27(34-29(41-20)24-9-11-25(12-10-24)30(31,32)33)16-18-40-26-13-7-22(8-14-26)19-36(42-21(2)37)43(38,39)35-17-15-23-5-3-4-6-28(23)35/h3-14H,15-19H2,1-2H3. The number of hydroxylamine groups is 1. The maximum Gasteiger partial charge on any atom is 0.416 e. The highest BCUT2D eigenvalue weighted by atomic mass is 32.2. The number of carbonyl (C=O) groups excluding carboxylic acids is 1. The monoisotopic (exact) mass is 615 g/mol. The van der Waals surface area contributed by atoms with E-state index in [2.05, 4.69) is 4.98 Å². The van der Waals surface area contributed by atoms with Crippen LogP contribution in [0.4, 0.5) is 18.9 Å². The van der Waals surface area contributed by atoms with E-state index < -0.39 is 27.9 Å². The number of carbonyl (C=O) groups is 1. The lowest BCUT2D eigenvalue weighted by Gasteiger charge is -2.27. The van der Waals surface area contributed by atoms with Crippen molar-refractivity contribution in [3.05, 3.63) is 101 Å². The number of benzene rings is 3. The number of hydrogen-bond acceptors (Lipinski definition) is 7. The van der Waals surface area contributed by atoms with Crippen molar-refractivity contribution < 1.29 is 40.4 Å². The number of anilines is 1. The smallest absolute Gasteiger partial charge is 0.416 e. The van der Waals surface area contributed by atoms with Crippen LogP contribution in [0, 0.1) is 6.92 Å². The minimum Gasteiger partial charge on any atom is -0.493 e. The Balaban J connectivity index is 1.20. The molecule has 0 N–H and O–H groups in total. The lowest BCUT2D eigenvalue weighted by Crippen LogP contribution is -2.43. The van der Waals surface area contributed by atoms with Crippen molar-refractivity contribution in [1.29, 1.82) is 0 Å². The molecule has 1 aromatic heterocycles. The summed E-state index contributed by atoms with van der Waals surface area (Å²) in [6.07, 6.45) is -3.49. The van der Waals surface area contributed by atoms with Crippen LogP contribution in [0.15, 0.2) is 77.2 Å². The number of hydrogen-bond donors (Lipinski definition) is 0. The van der Waals surface area contributed by atoms with Crippen LogP contribution >= 0.6 is 0 Å². The van der Waals surface area contributed by atoms with E-state index in [0.717, 1.165) is 24.6 Å². The summed E-state index contributed by atoms with van der Waals surface area (Å²) in [7, 11) is -4.17. The Kier molecular flexibility index (Phi) is 8.47. The van der Waals surface area contributed by atoms with E-state index >= 15 is 0 Å². The molecule has 3 aromatic carbocycles. The number of para-hydroxylation sites is 1. The van der Waals surface area contributed by atoms with Gasteiger partial charge in [0, 0.05) is 25.5 Å². The second-order valence-corrected chi connectivity index (χ2v) is 11.6. The van der Waals surface area contributed by atoms with E-state index in [1.807, 2.05) is 12.1 Å². The third-order valence-electron chi connectivity index (χ3n) is 6.81. The van der Waals surface area contributed by atoms with Gasteiger partial charge in [-0.15, -0.1) is 0 Å². The Hall–Kier alpha value is -4.36. The summed E-state index contributed by atoms with van der Waals surface area (Å²) in [6.45, 7) is 3.13. The number of aryl methyl sites for hydroxylation is 1. The minimum absolute atomic E-state index is 0.203. The molecule has 0 amide bonds. The Labute approximate surface area is 246 Å². The molecule has 0 spiro atoms. The zero-order chi connectivity index (χ0) is 30.8. The van der Waals surface area contributed by atoms with Gasteiger partial charge in [0.25, 0.3) is 0 Å². The predicted molar refractivity (Wildman–Crippen MR) is 151 cm³/mol. The number of nitrogens with zero attached hydrogens (tertiary/aromatic N) is 3. The fourth-order valence-corrected chi connectivity index (χ4v) is 6.13. The molecular formula is C30H28F3N3O6S. The zero-order valence-electron chi connectivity index (χ0n) is 23.3. The molecule has 2 heterocycles. The van der Waals surface area contributed by atoms with Gasteiger partial charge in [-0.3, -0.25) is 9.10 Å². The number of oxazole rings is 1. The summed E-state index contributed by atoms with van der Waals surface area (Å²) in [5, 5.41) is 0. The number of ether oxygens (including phenoxy) is 1. The summed E-state index contributed by atoms with van der Waals surface area (Å²) in [4.78, 5) is 21.3. The maximum atomic E-state index is 13.4. The van der Waals surface area contributed by atoms with Crippen molar-refractivity contribution >= 4 is 21.9 Å². The van der Waals surface area contributed by atoms with Crippen LogP contribution in [0.3, 0.4) is 0 Å². The number of aromatic nitrogens is 1. The Morgan fingerprint density at radius 1 is 1.05 bits per heavy atom. The van der Waals surface area contributed by atoms with Gasteiger partial charge in [-0.2, -0.15) is 21.6 Å². The fraction of sp³-hybridized carbons (Fsp3) is 0.267. The first-order valence-corrected chi connectivity index (χ1v) is 14.7. The SMILES string of the molecule is CC(=O)ON(Cc1ccc(OCCc2nc(-c3ccc(C(F)(F)F)cc3)oc2C)cc1)S(=O)(=O)N1CCc2ccccc21. The van der Waals surface area contributed by atoms with E-state index in [4.69, 9.17) is 14.0 Å². The molecule has 226 valence electrons. The van der Waals surface area contributed by atoms with Gasteiger partial charge in [0.2, 0.25) is 5.89 Å². The number of halogens is 3. The maximum absolute atomic E-state index is 13.4. The van der Waals surface area contributed by atoms with Gasteiger partial charge < -0.3 is 14.0 Å². The van der Waals surface area contributed by atoms with Gasteiger partial charge in [-0.25, -0.2) is 4.98 Å². The second kappa shape index (κ2) is 12.1. The minimum atomic E-state index is -4.42. The molecule has 0 atom stereocenters. The molecule has 0 unspecified atom stereocenters. The van der Waals surface area contributed by atoms with E-state index in [0.29, 0.717) is 51.3 Å². The van der Waals surface area contributed by atoms with Crippen LogP contribution in [-0.4, -0.2) is 37.0 Å². The van der Waals surface area contributed by atoms with Crippen molar-refractivity contribution in [3.63, 3.8) is 0 Å². The molecule has 0 aliphatic carbocycles. The molecule has 0 radical (unpaired) electrons. The van der Waals surface area contributed by atoms with Crippen LogP contribution in [-0.2, 0) is 45.4 Å². The topological polar surface area (TPSA) is 102 Å². The third kappa shape index (κ3) is 6.83. The molecular weight excluding hydrogens is 587 g/mol. The van der Waals surface area contributed by atoms with Crippen LogP contribution in [0.5, 0.6) is 5.75 Å². The molecule has 4 aromatic rings. The largest absolute Gasteiger partial charge is 0.493 e. The summed E-state index contributed by atoms with van der Waals surface area (Å²) in [6, 6.07) is 18.4. The Morgan fingerprint density at radius 3 is 2.42 bits per heavy atom. The molecule has 13 heteroatoms. The van der Waals surface area contributed by atoms with Crippen molar-refractivity contribution in [2.75, 3.05) is 17.5 Å².